The fourth-order valence-corrected chi connectivity index (χ4v) is 2.01. The van der Waals surface area contributed by atoms with Crippen LogP contribution in [-0.2, 0) is 0 Å². The van der Waals surface area contributed by atoms with E-state index in [-0.39, 0.29) is 35.4 Å². The van der Waals surface area contributed by atoms with Crippen LogP contribution in [0.25, 0.3) is 0 Å². The van der Waals surface area contributed by atoms with Gasteiger partial charge in [0.25, 0.3) is 11.6 Å². The van der Waals surface area contributed by atoms with Crippen LogP contribution in [0.15, 0.2) is 30.5 Å². The van der Waals surface area contributed by atoms with E-state index in [9.17, 15) is 14.9 Å². The molecule has 22 heavy (non-hydrogen) atoms. The normalized spacial score (nSPS) is 12.0. The molecule has 0 radical (unpaired) electrons. The van der Waals surface area contributed by atoms with E-state index in [4.69, 9.17) is 21.1 Å². The Hall–Kier alpha value is -2.87. The maximum absolute atomic E-state index is 12.2. The molecule has 0 saturated heterocycles. The van der Waals surface area contributed by atoms with Crippen molar-refractivity contribution in [1.29, 1.82) is 0 Å². The van der Waals surface area contributed by atoms with Gasteiger partial charge >= 0.3 is 0 Å². The number of amides is 1. The molecule has 8 nitrogen and oxygen atoms in total. The van der Waals surface area contributed by atoms with Crippen molar-refractivity contribution >= 4 is 29.0 Å². The molecule has 1 N–H and O–H groups in total. The van der Waals surface area contributed by atoms with Crippen LogP contribution in [0.1, 0.15) is 10.4 Å². The quantitative estimate of drug-likeness (QED) is 0.688. The largest absolute Gasteiger partial charge is 0.454 e. The van der Waals surface area contributed by atoms with Gasteiger partial charge in [0, 0.05) is 12.3 Å². The zero-order valence-electron chi connectivity index (χ0n) is 10.9. The number of nitro benzene ring substituents is 1. The van der Waals surface area contributed by atoms with E-state index in [0.717, 1.165) is 6.07 Å². The Kier molecular flexibility index (Phi) is 3.51. The summed E-state index contributed by atoms with van der Waals surface area (Å²) in [5, 5.41) is 14.0. The minimum Gasteiger partial charge on any atom is -0.454 e. The number of halogens is 1. The lowest BCUT2D eigenvalue weighted by atomic mass is 10.1. The Labute approximate surface area is 128 Å². The number of nitrogens with zero attached hydrogens (tertiary/aromatic N) is 2. The molecule has 9 heteroatoms. The van der Waals surface area contributed by atoms with Crippen LogP contribution in [0, 0.1) is 10.1 Å². The van der Waals surface area contributed by atoms with Crippen molar-refractivity contribution < 1.29 is 19.2 Å². The third kappa shape index (κ3) is 2.63. The van der Waals surface area contributed by atoms with Crippen molar-refractivity contribution in [3.05, 3.63) is 51.2 Å². The zero-order valence-corrected chi connectivity index (χ0v) is 11.7. The first-order valence-corrected chi connectivity index (χ1v) is 6.43. The number of fused-ring (bicyclic) bond motifs is 1. The van der Waals surface area contributed by atoms with Crippen LogP contribution in [-0.4, -0.2) is 22.6 Å². The van der Waals surface area contributed by atoms with Crippen LogP contribution in [0.3, 0.4) is 0 Å². The molecule has 0 bridgehead atoms. The SMILES string of the molecule is O=C(Nc1ccc(Cl)cn1)c1cc2c(cc1[N+](=O)[O-])OCO2. The van der Waals surface area contributed by atoms with E-state index in [1.165, 1.54) is 24.4 Å². The molecule has 1 aliphatic heterocycles. The lowest BCUT2D eigenvalue weighted by Gasteiger charge is -2.06. The van der Waals surface area contributed by atoms with Gasteiger partial charge in [0.05, 0.1) is 16.0 Å². The number of benzene rings is 1. The average molecular weight is 322 g/mol. The Bertz CT molecular complexity index is 763. The summed E-state index contributed by atoms with van der Waals surface area (Å²) in [6, 6.07) is 5.45. The Morgan fingerprint density at radius 1 is 1.32 bits per heavy atom. The van der Waals surface area contributed by atoms with Crippen LogP contribution >= 0.6 is 11.6 Å². The van der Waals surface area contributed by atoms with Gasteiger partial charge in [-0.15, -0.1) is 0 Å². The molecule has 0 spiro atoms. The maximum atomic E-state index is 12.2. The average Bonchev–Trinajstić information content (AvgIpc) is 2.95. The summed E-state index contributed by atoms with van der Waals surface area (Å²) in [6.45, 7) is -0.0453. The molecule has 0 fully saturated rings. The van der Waals surface area contributed by atoms with Crippen molar-refractivity contribution in [3.63, 3.8) is 0 Å². The second-order valence-electron chi connectivity index (χ2n) is 4.30. The highest BCUT2D eigenvalue weighted by molar-refractivity contribution is 6.30. The number of ether oxygens (including phenoxy) is 2. The van der Waals surface area contributed by atoms with Gasteiger partial charge in [0.1, 0.15) is 11.4 Å². The summed E-state index contributed by atoms with van der Waals surface area (Å²) in [4.78, 5) is 26.6. The highest BCUT2D eigenvalue weighted by Gasteiger charge is 2.27. The first-order chi connectivity index (χ1) is 10.5. The molecule has 1 aromatic carbocycles. The predicted octanol–water partition coefficient (Wildman–Crippen LogP) is 2.62. The number of carbonyl (C=O) groups is 1. The zero-order chi connectivity index (χ0) is 15.7. The molecule has 2 aromatic rings. The van der Waals surface area contributed by atoms with Gasteiger partial charge in [-0.25, -0.2) is 4.98 Å². The van der Waals surface area contributed by atoms with Gasteiger partial charge in [-0.05, 0) is 12.1 Å². The fourth-order valence-electron chi connectivity index (χ4n) is 1.90. The number of rotatable bonds is 3. The fraction of sp³-hybridized carbons (Fsp3) is 0.0769. The van der Waals surface area contributed by atoms with E-state index in [1.807, 2.05) is 0 Å². The number of aromatic nitrogens is 1. The highest BCUT2D eigenvalue weighted by Crippen LogP contribution is 2.38. The van der Waals surface area contributed by atoms with Crippen molar-refractivity contribution in [2.24, 2.45) is 0 Å². The second kappa shape index (κ2) is 5.49. The summed E-state index contributed by atoms with van der Waals surface area (Å²) in [6.07, 6.45) is 1.35. The summed E-state index contributed by atoms with van der Waals surface area (Å²) >= 11 is 5.70. The van der Waals surface area contributed by atoms with Gasteiger partial charge in [-0.2, -0.15) is 0 Å². The minimum absolute atomic E-state index is 0.0453. The van der Waals surface area contributed by atoms with Crippen LogP contribution in [0.5, 0.6) is 11.5 Å². The number of carbonyl (C=O) groups excluding carboxylic acids is 1. The Balaban J connectivity index is 1.94. The number of nitro groups is 1. The Morgan fingerprint density at radius 3 is 2.68 bits per heavy atom. The Morgan fingerprint density at radius 2 is 2.05 bits per heavy atom. The second-order valence-corrected chi connectivity index (χ2v) is 4.73. The van der Waals surface area contributed by atoms with Gasteiger partial charge < -0.3 is 14.8 Å². The first-order valence-electron chi connectivity index (χ1n) is 6.05. The summed E-state index contributed by atoms with van der Waals surface area (Å²) in [5.41, 5.74) is -0.526. The van der Waals surface area contributed by atoms with Gasteiger partial charge in [-0.3, -0.25) is 14.9 Å². The van der Waals surface area contributed by atoms with E-state index < -0.39 is 10.8 Å². The predicted molar refractivity (Wildman–Crippen MR) is 76.4 cm³/mol. The van der Waals surface area contributed by atoms with Gasteiger partial charge in [0.2, 0.25) is 6.79 Å². The van der Waals surface area contributed by atoms with Crippen LogP contribution in [0.4, 0.5) is 11.5 Å². The third-order valence-corrected chi connectivity index (χ3v) is 3.12. The lowest BCUT2D eigenvalue weighted by molar-refractivity contribution is -0.385. The molecule has 0 aliphatic carbocycles. The number of anilines is 1. The molecular weight excluding hydrogens is 314 g/mol. The van der Waals surface area contributed by atoms with Crippen LogP contribution < -0.4 is 14.8 Å². The maximum Gasteiger partial charge on any atom is 0.286 e. The number of pyridine rings is 1. The monoisotopic (exact) mass is 321 g/mol. The molecule has 1 aliphatic rings. The molecule has 0 atom stereocenters. The smallest absolute Gasteiger partial charge is 0.286 e. The molecule has 3 rings (SSSR count). The van der Waals surface area contributed by atoms with E-state index >= 15 is 0 Å². The standard InChI is InChI=1S/C13H8ClN3O5/c14-7-1-2-12(15-5-7)16-13(18)8-3-10-11(22-6-21-10)4-9(8)17(19)20/h1-5H,6H2,(H,15,16,18). The minimum atomic E-state index is -0.681. The summed E-state index contributed by atoms with van der Waals surface area (Å²) in [7, 11) is 0. The topological polar surface area (TPSA) is 104 Å². The number of hydrogen-bond donors (Lipinski definition) is 1. The third-order valence-electron chi connectivity index (χ3n) is 2.90. The number of hydrogen-bond acceptors (Lipinski definition) is 6. The molecule has 1 aromatic heterocycles. The summed E-state index contributed by atoms with van der Waals surface area (Å²) < 4.78 is 10.2. The van der Waals surface area contributed by atoms with E-state index in [1.54, 1.807) is 0 Å². The molecule has 0 saturated carbocycles. The summed E-state index contributed by atoms with van der Waals surface area (Å²) in [5.74, 6) is 0.0499. The van der Waals surface area contributed by atoms with Gasteiger partial charge in [0.15, 0.2) is 11.5 Å². The molecule has 2 heterocycles. The molecule has 112 valence electrons. The number of nitrogens with one attached hydrogen (secondary N) is 1. The molecule has 0 unspecified atom stereocenters. The van der Waals surface area contributed by atoms with Gasteiger partial charge in [-0.1, -0.05) is 11.6 Å². The van der Waals surface area contributed by atoms with Crippen LogP contribution in [0.2, 0.25) is 5.02 Å². The van der Waals surface area contributed by atoms with Crippen molar-refractivity contribution in [3.8, 4) is 11.5 Å². The van der Waals surface area contributed by atoms with E-state index in [0.29, 0.717) is 5.02 Å². The van der Waals surface area contributed by atoms with Crippen molar-refractivity contribution in [2.75, 3.05) is 12.1 Å². The lowest BCUT2D eigenvalue weighted by Crippen LogP contribution is -2.14. The molecule has 1 amide bonds. The molecular formula is C13H8ClN3O5. The van der Waals surface area contributed by atoms with Crippen molar-refractivity contribution in [2.45, 2.75) is 0 Å². The van der Waals surface area contributed by atoms with Crippen molar-refractivity contribution in [1.82, 2.24) is 4.98 Å². The first kappa shape index (κ1) is 14.1. The van der Waals surface area contributed by atoms with E-state index in [2.05, 4.69) is 10.3 Å². The highest BCUT2D eigenvalue weighted by atomic mass is 35.5.